The van der Waals surface area contributed by atoms with Crippen LogP contribution in [0, 0.1) is 17.2 Å². The van der Waals surface area contributed by atoms with Crippen molar-refractivity contribution in [3.05, 3.63) is 0 Å². The molecule has 0 aliphatic heterocycles. The third kappa shape index (κ3) is 5.95. The number of rotatable bonds is 3. The number of carbonyl (C=O) groups excluding carboxylic acids is 1. The number of ether oxygens (including phenoxy) is 1. The van der Waals surface area contributed by atoms with Crippen molar-refractivity contribution in [1.82, 2.24) is 5.32 Å². The summed E-state index contributed by atoms with van der Waals surface area (Å²) < 4.78 is 5.09. The zero-order valence-corrected chi connectivity index (χ0v) is 10.1. The van der Waals surface area contributed by atoms with Crippen LogP contribution in [0.1, 0.15) is 41.0 Å². The van der Waals surface area contributed by atoms with E-state index < -0.39 is 11.7 Å². The monoisotopic (exact) mass is 212 g/mol. The number of nitrogens with zero attached hydrogens (tertiary/aromatic N) is 1. The molecule has 0 aliphatic carbocycles. The van der Waals surface area contributed by atoms with Crippen molar-refractivity contribution in [3.63, 3.8) is 0 Å². The Hall–Kier alpha value is -1.24. The van der Waals surface area contributed by atoms with Gasteiger partial charge in [0, 0.05) is 6.04 Å². The molecule has 4 heteroatoms. The maximum atomic E-state index is 11.4. The zero-order chi connectivity index (χ0) is 12.1. The second kappa shape index (κ2) is 5.59. The Morgan fingerprint density at radius 2 is 2.07 bits per heavy atom. The van der Waals surface area contributed by atoms with Crippen LogP contribution in [0.2, 0.25) is 0 Å². The molecule has 0 saturated heterocycles. The maximum absolute atomic E-state index is 11.4. The molecule has 0 heterocycles. The summed E-state index contributed by atoms with van der Waals surface area (Å²) >= 11 is 0. The molecule has 86 valence electrons. The fraction of sp³-hybridized carbons (Fsp3) is 0.818. The second-order valence-corrected chi connectivity index (χ2v) is 4.58. The van der Waals surface area contributed by atoms with Crippen LogP contribution in [0.15, 0.2) is 0 Å². The van der Waals surface area contributed by atoms with Crippen LogP contribution in [-0.2, 0) is 4.74 Å². The minimum absolute atomic E-state index is 0.169. The molecule has 2 atom stereocenters. The largest absolute Gasteiger partial charge is 0.444 e. The molecule has 0 aromatic heterocycles. The van der Waals surface area contributed by atoms with E-state index in [9.17, 15) is 4.79 Å². The van der Waals surface area contributed by atoms with Crippen LogP contribution in [-0.4, -0.2) is 17.7 Å². The van der Waals surface area contributed by atoms with E-state index in [0.29, 0.717) is 6.42 Å². The average molecular weight is 212 g/mol. The molecular weight excluding hydrogens is 192 g/mol. The summed E-state index contributed by atoms with van der Waals surface area (Å²) in [4.78, 5) is 11.4. The standard InChI is InChI=1S/C11H20N2O2/c1-6-9(7-12)8(2)13-10(14)15-11(3,4)5/h8-9H,6H2,1-5H3,(H,13,14)/t8-,9?/m0/s1. The molecule has 0 rings (SSSR count). The molecule has 1 unspecified atom stereocenters. The van der Waals surface area contributed by atoms with E-state index in [1.807, 2.05) is 6.92 Å². The minimum Gasteiger partial charge on any atom is -0.444 e. The summed E-state index contributed by atoms with van der Waals surface area (Å²) in [5.41, 5.74) is -0.502. The lowest BCUT2D eigenvalue weighted by atomic mass is 10.0. The first-order valence-corrected chi connectivity index (χ1v) is 5.19. The van der Waals surface area contributed by atoms with Crippen LogP contribution >= 0.6 is 0 Å². The summed E-state index contributed by atoms with van der Waals surface area (Å²) in [5, 5.41) is 11.5. The second-order valence-electron chi connectivity index (χ2n) is 4.58. The molecular formula is C11H20N2O2. The summed E-state index contributed by atoms with van der Waals surface area (Å²) in [6.07, 6.45) is 0.247. The van der Waals surface area contributed by atoms with Gasteiger partial charge >= 0.3 is 6.09 Å². The Morgan fingerprint density at radius 3 is 2.40 bits per heavy atom. The molecule has 0 aromatic carbocycles. The lowest BCUT2D eigenvalue weighted by Crippen LogP contribution is -2.40. The molecule has 0 fully saturated rings. The highest BCUT2D eigenvalue weighted by atomic mass is 16.6. The molecule has 1 N–H and O–H groups in total. The third-order valence-corrected chi connectivity index (χ3v) is 1.95. The molecule has 0 bridgehead atoms. The Labute approximate surface area is 91.6 Å². The van der Waals surface area contributed by atoms with Gasteiger partial charge in [-0.2, -0.15) is 5.26 Å². The van der Waals surface area contributed by atoms with Gasteiger partial charge in [0.2, 0.25) is 0 Å². The molecule has 4 nitrogen and oxygen atoms in total. The van der Waals surface area contributed by atoms with E-state index in [-0.39, 0.29) is 12.0 Å². The fourth-order valence-corrected chi connectivity index (χ4v) is 1.15. The molecule has 0 aromatic rings. The van der Waals surface area contributed by atoms with Gasteiger partial charge in [0.15, 0.2) is 0 Å². The summed E-state index contributed by atoms with van der Waals surface area (Å²) in [5.74, 6) is -0.169. The van der Waals surface area contributed by atoms with Gasteiger partial charge in [-0.1, -0.05) is 6.92 Å². The van der Waals surface area contributed by atoms with Gasteiger partial charge in [-0.3, -0.25) is 0 Å². The number of hydrogen-bond donors (Lipinski definition) is 1. The highest BCUT2D eigenvalue weighted by Crippen LogP contribution is 2.10. The van der Waals surface area contributed by atoms with Crippen LogP contribution in [0.3, 0.4) is 0 Å². The third-order valence-electron chi connectivity index (χ3n) is 1.95. The zero-order valence-electron chi connectivity index (χ0n) is 10.1. The molecule has 0 spiro atoms. The van der Waals surface area contributed by atoms with Gasteiger partial charge in [0.1, 0.15) is 5.60 Å². The lowest BCUT2D eigenvalue weighted by Gasteiger charge is -2.23. The van der Waals surface area contributed by atoms with Gasteiger partial charge < -0.3 is 10.1 Å². The Morgan fingerprint density at radius 1 is 1.53 bits per heavy atom. The number of nitrogens with one attached hydrogen (secondary N) is 1. The van der Waals surface area contributed by atoms with Crippen molar-refractivity contribution >= 4 is 6.09 Å². The van der Waals surface area contributed by atoms with Gasteiger partial charge in [-0.25, -0.2) is 4.79 Å². The first kappa shape index (κ1) is 13.8. The molecule has 0 aliphatic rings. The van der Waals surface area contributed by atoms with Crippen molar-refractivity contribution in [2.24, 2.45) is 5.92 Å². The van der Waals surface area contributed by atoms with Gasteiger partial charge in [0.25, 0.3) is 0 Å². The lowest BCUT2D eigenvalue weighted by molar-refractivity contribution is 0.0498. The number of hydrogen-bond acceptors (Lipinski definition) is 3. The SMILES string of the molecule is CCC(C#N)[C@H](C)NC(=O)OC(C)(C)C. The van der Waals surface area contributed by atoms with Crippen molar-refractivity contribution in [2.45, 2.75) is 52.7 Å². The van der Waals surface area contributed by atoms with Crippen molar-refractivity contribution in [3.8, 4) is 6.07 Å². The van der Waals surface area contributed by atoms with E-state index in [2.05, 4.69) is 11.4 Å². The van der Waals surface area contributed by atoms with E-state index >= 15 is 0 Å². The smallest absolute Gasteiger partial charge is 0.407 e. The molecule has 0 radical (unpaired) electrons. The van der Waals surface area contributed by atoms with Crippen LogP contribution in [0.4, 0.5) is 4.79 Å². The highest BCUT2D eigenvalue weighted by Gasteiger charge is 2.21. The quantitative estimate of drug-likeness (QED) is 0.781. The van der Waals surface area contributed by atoms with E-state index in [4.69, 9.17) is 10.00 Å². The van der Waals surface area contributed by atoms with Gasteiger partial charge in [-0.15, -0.1) is 0 Å². The Balaban J connectivity index is 4.14. The topological polar surface area (TPSA) is 62.1 Å². The van der Waals surface area contributed by atoms with Gasteiger partial charge in [0.05, 0.1) is 12.0 Å². The van der Waals surface area contributed by atoms with Gasteiger partial charge in [-0.05, 0) is 34.1 Å². The maximum Gasteiger partial charge on any atom is 0.407 e. The van der Waals surface area contributed by atoms with Crippen LogP contribution < -0.4 is 5.32 Å². The first-order chi connectivity index (χ1) is 6.80. The Kier molecular flexibility index (Phi) is 5.13. The minimum atomic E-state index is -0.502. The predicted octanol–water partition coefficient (Wildman–Crippen LogP) is 2.45. The highest BCUT2D eigenvalue weighted by molar-refractivity contribution is 5.68. The van der Waals surface area contributed by atoms with E-state index in [1.165, 1.54) is 0 Å². The summed E-state index contributed by atoms with van der Waals surface area (Å²) in [7, 11) is 0. The molecule has 1 amide bonds. The normalized spacial score (nSPS) is 14.9. The van der Waals surface area contributed by atoms with E-state index in [1.54, 1.807) is 27.7 Å². The predicted molar refractivity (Wildman–Crippen MR) is 58.2 cm³/mol. The number of carbonyl (C=O) groups is 1. The number of amides is 1. The van der Waals surface area contributed by atoms with E-state index in [0.717, 1.165) is 0 Å². The number of nitriles is 1. The van der Waals surface area contributed by atoms with Crippen molar-refractivity contribution < 1.29 is 9.53 Å². The number of alkyl carbamates (subject to hydrolysis) is 1. The average Bonchev–Trinajstić information content (AvgIpc) is 2.02. The Bertz CT molecular complexity index is 250. The summed E-state index contributed by atoms with van der Waals surface area (Å²) in [6, 6.07) is 1.96. The molecule has 0 saturated carbocycles. The first-order valence-electron chi connectivity index (χ1n) is 5.19. The fourth-order valence-electron chi connectivity index (χ4n) is 1.15. The summed E-state index contributed by atoms with van der Waals surface area (Å²) in [6.45, 7) is 9.14. The van der Waals surface area contributed by atoms with Crippen LogP contribution in [0.25, 0.3) is 0 Å². The van der Waals surface area contributed by atoms with Crippen molar-refractivity contribution in [2.75, 3.05) is 0 Å². The molecule has 15 heavy (non-hydrogen) atoms. The van der Waals surface area contributed by atoms with Crippen LogP contribution in [0.5, 0.6) is 0 Å². The van der Waals surface area contributed by atoms with Crippen molar-refractivity contribution in [1.29, 1.82) is 5.26 Å².